The van der Waals surface area contributed by atoms with Crippen molar-refractivity contribution in [1.82, 2.24) is 0 Å². The number of ether oxygens (including phenoxy) is 1. The van der Waals surface area contributed by atoms with Crippen LogP contribution in [0.4, 0.5) is 0 Å². The standard InChI is InChI=1S/C21H32O3S/c1-6-7-8-9-12-24-19-15-20-18(14-17(19)16(2)3)21(4,5)11-10-13-25(20,22)23/h14-15H,2,6-13H2,1,3-5H3. The molecule has 0 aromatic heterocycles. The van der Waals surface area contributed by atoms with E-state index in [1.54, 1.807) is 6.07 Å². The van der Waals surface area contributed by atoms with E-state index in [0.717, 1.165) is 36.0 Å². The van der Waals surface area contributed by atoms with Crippen molar-refractivity contribution in [3.63, 3.8) is 0 Å². The fourth-order valence-electron chi connectivity index (χ4n) is 3.46. The maximum absolute atomic E-state index is 12.8. The van der Waals surface area contributed by atoms with Crippen LogP contribution in [-0.2, 0) is 15.3 Å². The second kappa shape index (κ2) is 7.94. The number of sulfone groups is 1. The number of hydrogen-bond donors (Lipinski definition) is 0. The van der Waals surface area contributed by atoms with E-state index in [9.17, 15) is 8.42 Å². The molecule has 1 aliphatic rings. The molecule has 140 valence electrons. The Morgan fingerprint density at radius 2 is 1.96 bits per heavy atom. The number of benzene rings is 1. The Balaban J connectivity index is 2.44. The quantitative estimate of drug-likeness (QED) is 0.598. The molecule has 1 heterocycles. The summed E-state index contributed by atoms with van der Waals surface area (Å²) in [6.45, 7) is 13.1. The first-order chi connectivity index (χ1) is 11.7. The molecule has 0 amide bonds. The van der Waals surface area contributed by atoms with Gasteiger partial charge in [0.05, 0.1) is 17.3 Å². The summed E-state index contributed by atoms with van der Waals surface area (Å²) in [7, 11) is -3.26. The molecule has 0 radical (unpaired) electrons. The summed E-state index contributed by atoms with van der Waals surface area (Å²) in [6.07, 6.45) is 6.06. The van der Waals surface area contributed by atoms with E-state index in [1.165, 1.54) is 12.8 Å². The van der Waals surface area contributed by atoms with E-state index in [2.05, 4.69) is 27.4 Å². The molecule has 0 saturated heterocycles. The van der Waals surface area contributed by atoms with Gasteiger partial charge in [-0.2, -0.15) is 0 Å². The SMILES string of the molecule is C=C(C)c1cc2c(cc1OCCCCCC)S(=O)(=O)CCCC2(C)C. The molecule has 1 aromatic rings. The summed E-state index contributed by atoms with van der Waals surface area (Å²) < 4.78 is 31.5. The predicted octanol–water partition coefficient (Wildman–Crippen LogP) is 5.52. The number of fused-ring (bicyclic) bond motifs is 1. The smallest absolute Gasteiger partial charge is 0.178 e. The number of rotatable bonds is 7. The van der Waals surface area contributed by atoms with Crippen molar-refractivity contribution in [2.75, 3.05) is 12.4 Å². The molecule has 0 bridgehead atoms. The maximum atomic E-state index is 12.8. The van der Waals surface area contributed by atoms with Gasteiger partial charge in [0.25, 0.3) is 0 Å². The minimum absolute atomic E-state index is 0.164. The zero-order valence-electron chi connectivity index (χ0n) is 16.2. The minimum Gasteiger partial charge on any atom is -0.493 e. The highest BCUT2D eigenvalue weighted by Crippen LogP contribution is 2.41. The van der Waals surface area contributed by atoms with Crippen molar-refractivity contribution in [2.45, 2.75) is 76.5 Å². The van der Waals surface area contributed by atoms with E-state index in [-0.39, 0.29) is 11.2 Å². The normalized spacial score (nSPS) is 18.2. The molecule has 0 N–H and O–H groups in total. The summed E-state index contributed by atoms with van der Waals surface area (Å²) in [5, 5.41) is 0. The largest absolute Gasteiger partial charge is 0.493 e. The second-order valence-corrected chi connectivity index (χ2v) is 9.92. The van der Waals surface area contributed by atoms with Gasteiger partial charge in [0.1, 0.15) is 5.75 Å². The van der Waals surface area contributed by atoms with Crippen LogP contribution >= 0.6 is 0 Å². The molecular weight excluding hydrogens is 332 g/mol. The Morgan fingerprint density at radius 3 is 2.60 bits per heavy atom. The maximum Gasteiger partial charge on any atom is 0.178 e. The van der Waals surface area contributed by atoms with Crippen LogP contribution in [0.5, 0.6) is 5.75 Å². The molecule has 3 nitrogen and oxygen atoms in total. The van der Waals surface area contributed by atoms with Crippen molar-refractivity contribution in [1.29, 1.82) is 0 Å². The molecule has 25 heavy (non-hydrogen) atoms. The average Bonchev–Trinajstić information content (AvgIpc) is 2.61. The Kier molecular flexibility index (Phi) is 6.36. The van der Waals surface area contributed by atoms with Crippen molar-refractivity contribution in [3.05, 3.63) is 29.8 Å². The molecule has 2 rings (SSSR count). The first-order valence-electron chi connectivity index (χ1n) is 9.39. The Bertz CT molecular complexity index is 730. The number of hydrogen-bond acceptors (Lipinski definition) is 3. The average molecular weight is 365 g/mol. The third-order valence-electron chi connectivity index (χ3n) is 5.08. The molecular formula is C21H32O3S. The van der Waals surface area contributed by atoms with Gasteiger partial charge in [-0.05, 0) is 54.9 Å². The van der Waals surface area contributed by atoms with E-state index in [0.29, 0.717) is 23.7 Å². The van der Waals surface area contributed by atoms with Gasteiger partial charge in [0.2, 0.25) is 0 Å². The lowest BCUT2D eigenvalue weighted by atomic mass is 9.79. The van der Waals surface area contributed by atoms with Crippen LogP contribution < -0.4 is 4.74 Å². The highest BCUT2D eigenvalue weighted by atomic mass is 32.2. The van der Waals surface area contributed by atoms with Gasteiger partial charge in [-0.1, -0.05) is 46.6 Å². The summed E-state index contributed by atoms with van der Waals surface area (Å²) in [4.78, 5) is 0.448. The van der Waals surface area contributed by atoms with Gasteiger partial charge in [-0.15, -0.1) is 0 Å². The lowest BCUT2D eigenvalue weighted by molar-refractivity contribution is 0.303. The fourth-order valence-corrected chi connectivity index (χ4v) is 5.16. The molecule has 4 heteroatoms. The van der Waals surface area contributed by atoms with Crippen LogP contribution in [0.25, 0.3) is 5.57 Å². The lowest BCUT2D eigenvalue weighted by Gasteiger charge is -2.26. The van der Waals surface area contributed by atoms with Crippen LogP contribution in [0.15, 0.2) is 23.6 Å². The van der Waals surface area contributed by atoms with Crippen LogP contribution in [0, 0.1) is 0 Å². The first-order valence-corrected chi connectivity index (χ1v) is 11.0. The molecule has 0 spiro atoms. The Morgan fingerprint density at radius 1 is 1.24 bits per heavy atom. The Hall–Kier alpha value is -1.29. The van der Waals surface area contributed by atoms with Crippen LogP contribution in [0.1, 0.15) is 77.3 Å². The van der Waals surface area contributed by atoms with Crippen molar-refractivity contribution in [3.8, 4) is 5.75 Å². The zero-order chi connectivity index (χ0) is 18.7. The summed E-state index contributed by atoms with van der Waals surface area (Å²) in [6, 6.07) is 3.75. The third kappa shape index (κ3) is 4.66. The van der Waals surface area contributed by atoms with E-state index >= 15 is 0 Å². The monoisotopic (exact) mass is 364 g/mol. The van der Waals surface area contributed by atoms with Gasteiger partial charge in [0, 0.05) is 5.56 Å². The first kappa shape index (κ1) is 20.0. The highest BCUT2D eigenvalue weighted by molar-refractivity contribution is 7.91. The van der Waals surface area contributed by atoms with Crippen molar-refractivity contribution in [2.24, 2.45) is 0 Å². The van der Waals surface area contributed by atoms with Crippen LogP contribution in [0.2, 0.25) is 0 Å². The molecule has 0 saturated carbocycles. The van der Waals surface area contributed by atoms with E-state index in [1.807, 2.05) is 13.0 Å². The van der Waals surface area contributed by atoms with Crippen LogP contribution in [0.3, 0.4) is 0 Å². The molecule has 0 aliphatic carbocycles. The molecule has 0 atom stereocenters. The predicted molar refractivity (Wildman–Crippen MR) is 105 cm³/mol. The van der Waals surface area contributed by atoms with E-state index < -0.39 is 9.84 Å². The highest BCUT2D eigenvalue weighted by Gasteiger charge is 2.34. The van der Waals surface area contributed by atoms with Gasteiger partial charge >= 0.3 is 0 Å². The minimum atomic E-state index is -3.26. The summed E-state index contributed by atoms with van der Waals surface area (Å²) in [5.74, 6) is 0.871. The number of allylic oxidation sites excluding steroid dienone is 1. The van der Waals surface area contributed by atoms with Crippen molar-refractivity contribution < 1.29 is 13.2 Å². The van der Waals surface area contributed by atoms with Gasteiger partial charge in [-0.3, -0.25) is 0 Å². The van der Waals surface area contributed by atoms with Crippen molar-refractivity contribution >= 4 is 15.4 Å². The molecule has 0 fully saturated rings. The summed E-state index contributed by atoms with van der Waals surface area (Å²) in [5.41, 5.74) is 2.58. The summed E-state index contributed by atoms with van der Waals surface area (Å²) >= 11 is 0. The Labute approximate surface area is 153 Å². The third-order valence-corrected chi connectivity index (χ3v) is 6.91. The molecule has 0 unspecified atom stereocenters. The van der Waals surface area contributed by atoms with E-state index in [4.69, 9.17) is 4.74 Å². The van der Waals surface area contributed by atoms with Crippen LogP contribution in [-0.4, -0.2) is 20.8 Å². The van der Waals surface area contributed by atoms with Gasteiger partial charge < -0.3 is 4.74 Å². The fraction of sp³-hybridized carbons (Fsp3) is 0.619. The molecule has 1 aliphatic heterocycles. The molecule has 1 aromatic carbocycles. The number of unbranched alkanes of at least 4 members (excludes halogenated alkanes) is 3. The lowest BCUT2D eigenvalue weighted by Crippen LogP contribution is -2.18. The topological polar surface area (TPSA) is 43.4 Å². The van der Waals surface area contributed by atoms with Gasteiger partial charge in [0.15, 0.2) is 9.84 Å². The van der Waals surface area contributed by atoms with Gasteiger partial charge in [-0.25, -0.2) is 8.42 Å². The zero-order valence-corrected chi connectivity index (χ0v) is 17.0. The second-order valence-electron chi connectivity index (χ2n) is 7.84.